The Hall–Kier alpha value is -2.38. The summed E-state index contributed by atoms with van der Waals surface area (Å²) in [5.41, 5.74) is 2.61. The van der Waals surface area contributed by atoms with E-state index >= 15 is 0 Å². The summed E-state index contributed by atoms with van der Waals surface area (Å²) < 4.78 is 37.2. The third-order valence-corrected chi connectivity index (χ3v) is 5.02. The minimum Gasteiger partial charge on any atom is -0.482 e. The second-order valence-electron chi connectivity index (χ2n) is 5.60. The topological polar surface area (TPSA) is 81.7 Å². The van der Waals surface area contributed by atoms with Crippen molar-refractivity contribution in [1.82, 2.24) is 4.72 Å². The van der Waals surface area contributed by atoms with Crippen LogP contribution in [0.25, 0.3) is 0 Å². The van der Waals surface area contributed by atoms with Gasteiger partial charge in [-0.05, 0) is 43.2 Å². The highest BCUT2D eigenvalue weighted by molar-refractivity contribution is 7.89. The van der Waals surface area contributed by atoms with E-state index in [1.807, 2.05) is 31.2 Å². The number of carbonyl (C=O) groups is 1. The number of benzene rings is 2. The fourth-order valence-electron chi connectivity index (χ4n) is 2.11. The highest BCUT2D eigenvalue weighted by atomic mass is 32.2. The molecule has 1 N–H and O–H groups in total. The molecule has 0 fully saturated rings. The first-order chi connectivity index (χ1) is 11.8. The summed E-state index contributed by atoms with van der Waals surface area (Å²) in [6.07, 6.45) is 0. The Morgan fingerprint density at radius 1 is 1.08 bits per heavy atom. The Kier molecular flexibility index (Phi) is 6.17. The summed E-state index contributed by atoms with van der Waals surface area (Å²) in [4.78, 5) is 11.3. The summed E-state index contributed by atoms with van der Waals surface area (Å²) in [7, 11) is -2.37. The van der Waals surface area contributed by atoms with E-state index in [1.165, 1.54) is 25.3 Å². The van der Waals surface area contributed by atoms with Gasteiger partial charge in [0.05, 0.1) is 12.0 Å². The normalized spacial score (nSPS) is 11.2. The fraction of sp³-hybridized carbons (Fsp3) is 0.278. The largest absolute Gasteiger partial charge is 0.482 e. The van der Waals surface area contributed by atoms with E-state index in [-0.39, 0.29) is 18.0 Å². The second-order valence-corrected chi connectivity index (χ2v) is 7.37. The van der Waals surface area contributed by atoms with Crippen molar-refractivity contribution < 1.29 is 22.7 Å². The molecule has 0 amide bonds. The molecule has 7 heteroatoms. The molecular weight excluding hydrogens is 342 g/mol. The van der Waals surface area contributed by atoms with Gasteiger partial charge in [0.2, 0.25) is 10.0 Å². The van der Waals surface area contributed by atoms with Crippen LogP contribution in [0, 0.1) is 13.8 Å². The molecule has 0 heterocycles. The highest BCUT2D eigenvalue weighted by Gasteiger charge is 2.15. The number of methoxy groups -OCH3 is 1. The minimum absolute atomic E-state index is 0.141. The van der Waals surface area contributed by atoms with E-state index in [2.05, 4.69) is 9.46 Å². The average Bonchev–Trinajstić information content (AvgIpc) is 2.59. The van der Waals surface area contributed by atoms with Crippen molar-refractivity contribution >= 4 is 16.0 Å². The molecule has 2 aromatic carbocycles. The molecule has 0 saturated heterocycles. The lowest BCUT2D eigenvalue weighted by Gasteiger charge is -2.11. The highest BCUT2D eigenvalue weighted by Crippen LogP contribution is 2.22. The van der Waals surface area contributed by atoms with Crippen LogP contribution in [0.4, 0.5) is 0 Å². The summed E-state index contributed by atoms with van der Waals surface area (Å²) >= 11 is 0. The third kappa shape index (κ3) is 5.30. The third-order valence-electron chi connectivity index (χ3n) is 3.62. The van der Waals surface area contributed by atoms with E-state index in [1.54, 1.807) is 6.92 Å². The molecule has 2 aromatic rings. The van der Waals surface area contributed by atoms with Crippen molar-refractivity contribution in [2.75, 3.05) is 13.7 Å². The second kappa shape index (κ2) is 8.13. The van der Waals surface area contributed by atoms with Crippen LogP contribution < -0.4 is 9.46 Å². The molecule has 0 spiro atoms. The Labute approximate surface area is 147 Å². The molecular formula is C18H21NO5S. The van der Waals surface area contributed by atoms with Gasteiger partial charge in [-0.1, -0.05) is 29.8 Å². The number of rotatable bonds is 7. The van der Waals surface area contributed by atoms with Gasteiger partial charge in [-0.3, -0.25) is 0 Å². The predicted octanol–water partition coefficient (Wildman–Crippen LogP) is 2.33. The number of sulfonamides is 1. The Balaban J connectivity index is 2.07. The quantitative estimate of drug-likeness (QED) is 0.764. The molecule has 0 radical (unpaired) electrons. The molecule has 6 nitrogen and oxygen atoms in total. The van der Waals surface area contributed by atoms with Crippen LogP contribution in [0.1, 0.15) is 16.7 Å². The molecule has 0 atom stereocenters. The van der Waals surface area contributed by atoms with Gasteiger partial charge in [0.25, 0.3) is 0 Å². The molecule has 25 heavy (non-hydrogen) atoms. The van der Waals surface area contributed by atoms with Crippen molar-refractivity contribution in [1.29, 1.82) is 0 Å². The van der Waals surface area contributed by atoms with Gasteiger partial charge in [0.1, 0.15) is 5.75 Å². The zero-order valence-electron chi connectivity index (χ0n) is 14.4. The first-order valence-electron chi connectivity index (χ1n) is 7.67. The Morgan fingerprint density at radius 3 is 2.36 bits per heavy atom. The van der Waals surface area contributed by atoms with Gasteiger partial charge < -0.3 is 9.47 Å². The van der Waals surface area contributed by atoms with Crippen molar-refractivity contribution in [2.24, 2.45) is 0 Å². The van der Waals surface area contributed by atoms with Gasteiger partial charge in [0.15, 0.2) is 6.61 Å². The number of hydrogen-bond acceptors (Lipinski definition) is 5. The standard InChI is InChI=1S/C18H21NO5S/c1-13-4-6-15(7-5-13)11-19-25(21,22)16-8-9-17(14(2)10-16)24-12-18(20)23-3/h4-10,19H,11-12H2,1-3H3. The van der Waals surface area contributed by atoms with E-state index < -0.39 is 16.0 Å². The van der Waals surface area contributed by atoms with Crippen molar-refractivity contribution in [3.05, 3.63) is 59.2 Å². The summed E-state index contributed by atoms with van der Waals surface area (Å²) in [6.45, 7) is 3.67. The number of hydrogen-bond donors (Lipinski definition) is 1. The van der Waals surface area contributed by atoms with Crippen molar-refractivity contribution in [3.63, 3.8) is 0 Å². The lowest BCUT2D eigenvalue weighted by atomic mass is 10.2. The Morgan fingerprint density at radius 2 is 1.76 bits per heavy atom. The van der Waals surface area contributed by atoms with Gasteiger partial charge >= 0.3 is 5.97 Å². The maximum atomic E-state index is 12.4. The molecule has 0 aliphatic rings. The van der Waals surface area contributed by atoms with Crippen LogP contribution in [0.3, 0.4) is 0 Å². The maximum Gasteiger partial charge on any atom is 0.343 e. The predicted molar refractivity (Wildman–Crippen MR) is 93.9 cm³/mol. The van der Waals surface area contributed by atoms with Crippen LogP contribution in [-0.2, 0) is 26.1 Å². The first kappa shape index (κ1) is 19.0. The number of ether oxygens (including phenoxy) is 2. The van der Waals surface area contributed by atoms with Crippen LogP contribution in [0.15, 0.2) is 47.4 Å². The molecule has 0 saturated carbocycles. The zero-order chi connectivity index (χ0) is 18.4. The van der Waals surface area contributed by atoms with Gasteiger partial charge in [0, 0.05) is 6.54 Å². The minimum atomic E-state index is -3.64. The lowest BCUT2D eigenvalue weighted by Crippen LogP contribution is -2.23. The molecule has 0 aliphatic carbocycles. The smallest absolute Gasteiger partial charge is 0.343 e. The fourth-order valence-corrected chi connectivity index (χ4v) is 3.22. The number of aryl methyl sites for hydroxylation is 2. The van der Waals surface area contributed by atoms with Crippen LogP contribution >= 0.6 is 0 Å². The van der Waals surface area contributed by atoms with Crippen LogP contribution in [0.5, 0.6) is 5.75 Å². The lowest BCUT2D eigenvalue weighted by molar-refractivity contribution is -0.142. The summed E-state index contributed by atoms with van der Waals surface area (Å²) in [5, 5.41) is 0. The summed E-state index contributed by atoms with van der Waals surface area (Å²) in [6, 6.07) is 12.1. The maximum absolute atomic E-state index is 12.4. The Bertz CT molecular complexity index is 844. The van der Waals surface area contributed by atoms with E-state index in [9.17, 15) is 13.2 Å². The van der Waals surface area contributed by atoms with Gasteiger partial charge in [-0.2, -0.15) is 0 Å². The average molecular weight is 363 g/mol. The summed E-state index contributed by atoms with van der Waals surface area (Å²) in [5.74, 6) is -0.0706. The van der Waals surface area contributed by atoms with E-state index in [4.69, 9.17) is 4.74 Å². The molecule has 0 unspecified atom stereocenters. The molecule has 0 bridgehead atoms. The molecule has 0 aromatic heterocycles. The number of esters is 1. The zero-order valence-corrected chi connectivity index (χ0v) is 15.2. The number of carbonyl (C=O) groups excluding carboxylic acids is 1. The van der Waals surface area contributed by atoms with Gasteiger partial charge in [-0.15, -0.1) is 0 Å². The molecule has 2 rings (SSSR count). The van der Waals surface area contributed by atoms with E-state index in [0.717, 1.165) is 11.1 Å². The SMILES string of the molecule is COC(=O)COc1ccc(S(=O)(=O)NCc2ccc(C)cc2)cc1C. The van der Waals surface area contributed by atoms with Crippen molar-refractivity contribution in [3.8, 4) is 5.75 Å². The van der Waals surface area contributed by atoms with Gasteiger partial charge in [-0.25, -0.2) is 17.9 Å². The molecule has 134 valence electrons. The monoisotopic (exact) mass is 363 g/mol. The van der Waals surface area contributed by atoms with Crippen molar-refractivity contribution in [2.45, 2.75) is 25.3 Å². The number of nitrogens with one attached hydrogen (secondary N) is 1. The van der Waals surface area contributed by atoms with Crippen LogP contribution in [-0.4, -0.2) is 28.1 Å². The van der Waals surface area contributed by atoms with E-state index in [0.29, 0.717) is 11.3 Å². The van der Waals surface area contributed by atoms with Crippen LogP contribution in [0.2, 0.25) is 0 Å². The first-order valence-corrected chi connectivity index (χ1v) is 9.15. The molecule has 0 aliphatic heterocycles.